The fourth-order valence-corrected chi connectivity index (χ4v) is 4.30. The molecule has 0 saturated carbocycles. The van der Waals surface area contributed by atoms with Gasteiger partial charge in [-0.05, 0) is 51.2 Å². The molecule has 4 rings (SSSR count). The van der Waals surface area contributed by atoms with E-state index in [4.69, 9.17) is 9.72 Å². The summed E-state index contributed by atoms with van der Waals surface area (Å²) in [6.45, 7) is 6.71. The van der Waals surface area contributed by atoms with E-state index in [0.717, 1.165) is 41.4 Å². The lowest BCUT2D eigenvalue weighted by Crippen LogP contribution is -2.36. The standard InChI is InChI=1S/C24H29F3N6O/c1-15-18(6-5-7-20(15)24(25,26)27)16(2)29-23-19-12-17(33-8-10-34-11-9-33)13-28-22(19)21(30-31-23)14-32(3)4/h5-7,12-13,16H,8-11,14H2,1-4H3,(H,29,31)/t16-/m1/s1. The van der Waals surface area contributed by atoms with Gasteiger partial charge < -0.3 is 19.9 Å². The van der Waals surface area contributed by atoms with Gasteiger partial charge >= 0.3 is 6.18 Å². The van der Waals surface area contributed by atoms with Gasteiger partial charge in [-0.25, -0.2) is 0 Å². The van der Waals surface area contributed by atoms with Gasteiger partial charge in [-0.15, -0.1) is 10.2 Å². The average Bonchev–Trinajstić information content (AvgIpc) is 2.80. The zero-order valence-corrected chi connectivity index (χ0v) is 19.8. The second-order valence-electron chi connectivity index (χ2n) is 8.81. The fraction of sp³-hybridized carbons (Fsp3) is 0.458. The number of morpholine rings is 1. The van der Waals surface area contributed by atoms with E-state index in [-0.39, 0.29) is 5.56 Å². The summed E-state index contributed by atoms with van der Waals surface area (Å²) in [5.74, 6) is 0.490. The number of nitrogens with zero attached hydrogens (tertiary/aromatic N) is 5. The molecule has 34 heavy (non-hydrogen) atoms. The Morgan fingerprint density at radius 2 is 1.91 bits per heavy atom. The molecular formula is C24H29F3N6O. The molecule has 2 aromatic heterocycles. The van der Waals surface area contributed by atoms with Crippen molar-refractivity contribution < 1.29 is 17.9 Å². The second-order valence-corrected chi connectivity index (χ2v) is 8.81. The second kappa shape index (κ2) is 9.71. The van der Waals surface area contributed by atoms with Crippen molar-refractivity contribution in [2.75, 3.05) is 50.6 Å². The molecule has 1 atom stereocenters. The van der Waals surface area contributed by atoms with Crippen LogP contribution in [-0.2, 0) is 17.5 Å². The Labute approximate surface area is 196 Å². The number of alkyl halides is 3. The molecule has 1 aliphatic rings. The highest BCUT2D eigenvalue weighted by Crippen LogP contribution is 2.36. The summed E-state index contributed by atoms with van der Waals surface area (Å²) < 4.78 is 45.7. The molecule has 1 fully saturated rings. The first-order valence-electron chi connectivity index (χ1n) is 11.2. The molecule has 0 aliphatic carbocycles. The molecule has 1 aliphatic heterocycles. The fourth-order valence-electron chi connectivity index (χ4n) is 4.30. The van der Waals surface area contributed by atoms with Crippen LogP contribution in [0.15, 0.2) is 30.5 Å². The Hall–Kier alpha value is -2.98. The van der Waals surface area contributed by atoms with Gasteiger partial charge in [0, 0.05) is 25.0 Å². The molecule has 0 unspecified atom stereocenters. The van der Waals surface area contributed by atoms with Gasteiger partial charge in [-0.1, -0.05) is 12.1 Å². The number of fused-ring (bicyclic) bond motifs is 1. The van der Waals surface area contributed by atoms with Crippen molar-refractivity contribution in [2.24, 2.45) is 0 Å². The lowest BCUT2D eigenvalue weighted by molar-refractivity contribution is -0.138. The first kappa shape index (κ1) is 24.2. The molecule has 3 aromatic rings. The number of hydrogen-bond acceptors (Lipinski definition) is 7. The number of halogens is 3. The summed E-state index contributed by atoms with van der Waals surface area (Å²) in [6.07, 6.45) is -2.57. The molecule has 3 heterocycles. The van der Waals surface area contributed by atoms with Crippen LogP contribution in [0.3, 0.4) is 0 Å². The third kappa shape index (κ3) is 5.07. The average molecular weight is 475 g/mol. The maximum Gasteiger partial charge on any atom is 0.416 e. The van der Waals surface area contributed by atoms with E-state index >= 15 is 0 Å². The molecule has 7 nitrogen and oxygen atoms in total. The van der Waals surface area contributed by atoms with Gasteiger partial charge in [-0.2, -0.15) is 13.2 Å². The van der Waals surface area contributed by atoms with Crippen LogP contribution in [-0.4, -0.2) is 60.5 Å². The molecule has 0 spiro atoms. The predicted octanol–water partition coefficient (Wildman–Crippen LogP) is 4.42. The van der Waals surface area contributed by atoms with Crippen LogP contribution < -0.4 is 10.2 Å². The van der Waals surface area contributed by atoms with Gasteiger partial charge in [-0.3, -0.25) is 4.98 Å². The summed E-state index contributed by atoms with van der Waals surface area (Å²) in [5, 5.41) is 12.9. The smallest absolute Gasteiger partial charge is 0.378 e. The van der Waals surface area contributed by atoms with Gasteiger partial charge in [0.05, 0.1) is 42.2 Å². The number of benzene rings is 1. The summed E-state index contributed by atoms with van der Waals surface area (Å²) in [6, 6.07) is 5.85. The number of aromatic nitrogens is 3. The third-order valence-electron chi connectivity index (χ3n) is 6.02. The van der Waals surface area contributed by atoms with Crippen molar-refractivity contribution in [3.8, 4) is 0 Å². The van der Waals surface area contributed by atoms with Crippen LogP contribution in [0.5, 0.6) is 0 Å². The molecule has 1 N–H and O–H groups in total. The monoisotopic (exact) mass is 474 g/mol. The van der Waals surface area contributed by atoms with Crippen molar-refractivity contribution >= 4 is 22.4 Å². The lowest BCUT2D eigenvalue weighted by atomic mass is 9.97. The Bertz CT molecular complexity index is 1160. The Kier molecular flexibility index (Phi) is 6.90. The van der Waals surface area contributed by atoms with Gasteiger partial charge in [0.2, 0.25) is 0 Å². The molecule has 0 amide bonds. The maximum atomic E-state index is 13.4. The van der Waals surface area contributed by atoms with Crippen LogP contribution in [0.1, 0.15) is 35.3 Å². The van der Waals surface area contributed by atoms with Crippen LogP contribution in [0, 0.1) is 6.92 Å². The number of pyridine rings is 1. The molecule has 1 saturated heterocycles. The Morgan fingerprint density at radius 3 is 2.59 bits per heavy atom. The van der Waals surface area contributed by atoms with Crippen LogP contribution in [0.4, 0.5) is 24.7 Å². The molecule has 1 aromatic carbocycles. The SMILES string of the molecule is Cc1c([C@@H](C)Nc2nnc(CN(C)C)c3ncc(N4CCOCC4)cc23)cccc1C(F)(F)F. The predicted molar refractivity (Wildman–Crippen MR) is 126 cm³/mol. The largest absolute Gasteiger partial charge is 0.416 e. The highest BCUT2D eigenvalue weighted by Gasteiger charge is 2.33. The van der Waals surface area contributed by atoms with Crippen molar-refractivity contribution in [1.29, 1.82) is 0 Å². The van der Waals surface area contributed by atoms with Crippen molar-refractivity contribution in [2.45, 2.75) is 32.6 Å². The topological polar surface area (TPSA) is 66.4 Å². The lowest BCUT2D eigenvalue weighted by Gasteiger charge is -2.29. The zero-order valence-electron chi connectivity index (χ0n) is 19.8. The minimum absolute atomic E-state index is 0.198. The normalized spacial score (nSPS) is 15.7. The quantitative estimate of drug-likeness (QED) is 0.567. The van der Waals surface area contributed by atoms with E-state index in [9.17, 15) is 13.2 Å². The van der Waals surface area contributed by atoms with Gasteiger partial charge in [0.1, 0.15) is 5.69 Å². The van der Waals surface area contributed by atoms with Gasteiger partial charge in [0.25, 0.3) is 0 Å². The molecular weight excluding hydrogens is 445 g/mol. The van der Waals surface area contributed by atoms with Crippen molar-refractivity contribution in [3.05, 3.63) is 52.8 Å². The minimum atomic E-state index is -4.41. The van der Waals surface area contributed by atoms with Crippen molar-refractivity contribution in [1.82, 2.24) is 20.1 Å². The molecule has 182 valence electrons. The van der Waals surface area contributed by atoms with Gasteiger partial charge in [0.15, 0.2) is 5.82 Å². The van der Waals surface area contributed by atoms with E-state index in [1.54, 1.807) is 6.07 Å². The first-order valence-corrected chi connectivity index (χ1v) is 11.2. The Morgan fingerprint density at radius 1 is 1.18 bits per heavy atom. The number of ether oxygens (including phenoxy) is 1. The summed E-state index contributed by atoms with van der Waals surface area (Å²) in [5.41, 5.74) is 2.53. The van der Waals surface area contributed by atoms with Crippen LogP contribution >= 0.6 is 0 Å². The van der Waals surface area contributed by atoms with E-state index in [1.165, 1.54) is 13.0 Å². The zero-order chi connectivity index (χ0) is 24.5. The molecule has 0 radical (unpaired) electrons. The molecule has 0 bridgehead atoms. The minimum Gasteiger partial charge on any atom is -0.378 e. The summed E-state index contributed by atoms with van der Waals surface area (Å²) in [7, 11) is 3.89. The summed E-state index contributed by atoms with van der Waals surface area (Å²) >= 11 is 0. The first-order chi connectivity index (χ1) is 16.1. The highest BCUT2D eigenvalue weighted by molar-refractivity contribution is 5.92. The van der Waals surface area contributed by atoms with Crippen molar-refractivity contribution in [3.63, 3.8) is 0 Å². The molecule has 10 heteroatoms. The van der Waals surface area contributed by atoms with Crippen LogP contribution in [0.25, 0.3) is 10.9 Å². The third-order valence-corrected chi connectivity index (χ3v) is 6.02. The number of rotatable bonds is 6. The summed E-state index contributed by atoms with van der Waals surface area (Å²) in [4.78, 5) is 8.90. The highest BCUT2D eigenvalue weighted by atomic mass is 19.4. The van der Waals surface area contributed by atoms with E-state index in [0.29, 0.717) is 31.1 Å². The number of anilines is 2. The van der Waals surface area contributed by atoms with E-state index in [2.05, 4.69) is 20.4 Å². The number of hydrogen-bond donors (Lipinski definition) is 1. The van der Waals surface area contributed by atoms with E-state index in [1.807, 2.05) is 38.2 Å². The Balaban J connectivity index is 1.74. The number of nitrogens with one attached hydrogen (secondary N) is 1. The van der Waals surface area contributed by atoms with E-state index < -0.39 is 17.8 Å². The maximum absolute atomic E-state index is 13.4. The van der Waals surface area contributed by atoms with Crippen LogP contribution in [0.2, 0.25) is 0 Å².